The van der Waals surface area contributed by atoms with Crippen molar-refractivity contribution in [2.45, 2.75) is 32.6 Å². The molecule has 0 atom stereocenters. The number of fused-ring (bicyclic) bond motifs is 1. The second-order valence-corrected chi connectivity index (χ2v) is 9.07. The van der Waals surface area contributed by atoms with Gasteiger partial charge in [-0.05, 0) is 66.3 Å². The Labute approximate surface area is 194 Å². The van der Waals surface area contributed by atoms with Crippen LogP contribution < -0.4 is 0 Å². The summed E-state index contributed by atoms with van der Waals surface area (Å²) in [7, 11) is 0. The quantitative estimate of drug-likeness (QED) is 0.363. The first-order chi connectivity index (χ1) is 15.7. The fraction of sp³-hybridized carbons (Fsp3) is 0.296. The minimum absolute atomic E-state index is 0.786. The molecule has 4 aromatic rings. The molecule has 3 heterocycles. The highest BCUT2D eigenvalue weighted by Crippen LogP contribution is 2.31. The van der Waals surface area contributed by atoms with Gasteiger partial charge in [0.1, 0.15) is 0 Å². The standard InChI is InChI=1S/C27H29ClN4/c1-2-4-20-5-3-6-24(15-20)32-19-21(17-30-32)9-12-31-13-10-22(11-14-31)26-18-29-27-8-7-23(28)16-25(26)27/h3,5-8,10,15-19,29H,2,4,9,11-14H2,1H3. The van der Waals surface area contributed by atoms with Gasteiger partial charge in [-0.1, -0.05) is 43.2 Å². The molecule has 32 heavy (non-hydrogen) atoms. The number of rotatable bonds is 7. The summed E-state index contributed by atoms with van der Waals surface area (Å²) in [6, 6.07) is 14.7. The van der Waals surface area contributed by atoms with Gasteiger partial charge < -0.3 is 4.98 Å². The Hall–Kier alpha value is -2.82. The van der Waals surface area contributed by atoms with Gasteiger partial charge in [-0.15, -0.1) is 0 Å². The third kappa shape index (κ3) is 4.52. The van der Waals surface area contributed by atoms with Crippen LogP contribution >= 0.6 is 11.6 Å². The van der Waals surface area contributed by atoms with Crippen molar-refractivity contribution in [3.8, 4) is 5.69 Å². The van der Waals surface area contributed by atoms with Gasteiger partial charge in [-0.3, -0.25) is 4.90 Å². The molecule has 0 saturated heterocycles. The average Bonchev–Trinajstić information content (AvgIpc) is 3.46. The molecule has 0 bridgehead atoms. The number of nitrogens with zero attached hydrogens (tertiary/aromatic N) is 3. The molecule has 0 saturated carbocycles. The summed E-state index contributed by atoms with van der Waals surface area (Å²) in [4.78, 5) is 5.89. The van der Waals surface area contributed by atoms with Crippen LogP contribution in [0.2, 0.25) is 5.02 Å². The summed E-state index contributed by atoms with van der Waals surface area (Å²) < 4.78 is 2.00. The van der Waals surface area contributed by atoms with Gasteiger partial charge in [-0.2, -0.15) is 5.10 Å². The van der Waals surface area contributed by atoms with Crippen LogP contribution in [0.1, 0.15) is 36.5 Å². The maximum absolute atomic E-state index is 6.22. The highest BCUT2D eigenvalue weighted by atomic mass is 35.5. The topological polar surface area (TPSA) is 36.9 Å². The smallest absolute Gasteiger partial charge is 0.0648 e. The van der Waals surface area contributed by atoms with Crippen molar-refractivity contribution in [3.05, 3.63) is 88.8 Å². The molecular formula is C27H29ClN4. The Balaban J connectivity index is 1.20. The summed E-state index contributed by atoms with van der Waals surface area (Å²) in [5.74, 6) is 0. The number of benzene rings is 2. The molecule has 0 amide bonds. The molecular weight excluding hydrogens is 416 g/mol. The van der Waals surface area contributed by atoms with Crippen LogP contribution in [-0.4, -0.2) is 39.3 Å². The lowest BCUT2D eigenvalue weighted by Crippen LogP contribution is -2.30. The van der Waals surface area contributed by atoms with E-state index in [-0.39, 0.29) is 0 Å². The summed E-state index contributed by atoms with van der Waals surface area (Å²) in [5, 5.41) is 6.61. The molecule has 1 aliphatic rings. The van der Waals surface area contributed by atoms with Gasteiger partial charge in [0.05, 0.1) is 11.9 Å². The van der Waals surface area contributed by atoms with Crippen molar-refractivity contribution in [3.63, 3.8) is 0 Å². The fourth-order valence-electron chi connectivity index (χ4n) is 4.58. The summed E-state index contributed by atoms with van der Waals surface area (Å²) >= 11 is 6.22. The van der Waals surface area contributed by atoms with Crippen LogP contribution in [0.5, 0.6) is 0 Å². The Morgan fingerprint density at radius 3 is 2.88 bits per heavy atom. The summed E-state index contributed by atoms with van der Waals surface area (Å²) in [5.41, 5.74) is 7.64. The lowest BCUT2D eigenvalue weighted by molar-refractivity contribution is 0.306. The molecule has 1 N–H and O–H groups in total. The fourth-order valence-corrected chi connectivity index (χ4v) is 4.75. The van der Waals surface area contributed by atoms with E-state index in [4.69, 9.17) is 11.6 Å². The lowest BCUT2D eigenvalue weighted by Gasteiger charge is -2.26. The van der Waals surface area contributed by atoms with Gasteiger partial charge in [0.25, 0.3) is 0 Å². The van der Waals surface area contributed by atoms with E-state index in [0.717, 1.165) is 61.5 Å². The number of aromatic nitrogens is 3. The van der Waals surface area contributed by atoms with E-state index in [0.29, 0.717) is 0 Å². The van der Waals surface area contributed by atoms with E-state index in [2.05, 4.69) is 76.8 Å². The third-order valence-electron chi connectivity index (χ3n) is 6.35. The minimum atomic E-state index is 0.786. The van der Waals surface area contributed by atoms with E-state index in [9.17, 15) is 0 Å². The second-order valence-electron chi connectivity index (χ2n) is 8.64. The summed E-state index contributed by atoms with van der Waals surface area (Å²) in [6.07, 6.45) is 13.0. The third-order valence-corrected chi connectivity index (χ3v) is 6.58. The molecule has 0 aliphatic carbocycles. The van der Waals surface area contributed by atoms with E-state index in [1.54, 1.807) is 0 Å². The number of H-pyrrole nitrogens is 1. The number of aryl methyl sites for hydroxylation is 1. The van der Waals surface area contributed by atoms with Crippen molar-refractivity contribution >= 4 is 28.1 Å². The molecule has 5 rings (SSSR count). The first kappa shape index (κ1) is 21.0. The van der Waals surface area contributed by atoms with Crippen molar-refractivity contribution in [1.29, 1.82) is 0 Å². The lowest BCUT2D eigenvalue weighted by atomic mass is 9.99. The normalized spacial score (nSPS) is 14.8. The highest BCUT2D eigenvalue weighted by Gasteiger charge is 2.16. The monoisotopic (exact) mass is 444 g/mol. The van der Waals surface area contributed by atoms with Crippen LogP contribution in [0, 0.1) is 0 Å². The number of aromatic amines is 1. The van der Waals surface area contributed by atoms with E-state index in [1.165, 1.54) is 27.6 Å². The largest absolute Gasteiger partial charge is 0.361 e. The van der Waals surface area contributed by atoms with Crippen molar-refractivity contribution < 1.29 is 0 Å². The zero-order valence-electron chi connectivity index (χ0n) is 18.5. The molecule has 0 radical (unpaired) electrons. The average molecular weight is 445 g/mol. The minimum Gasteiger partial charge on any atom is -0.361 e. The molecule has 1 aliphatic heterocycles. The van der Waals surface area contributed by atoms with E-state index < -0.39 is 0 Å². The van der Waals surface area contributed by atoms with Crippen LogP contribution in [0.3, 0.4) is 0 Å². The molecule has 2 aromatic carbocycles. The van der Waals surface area contributed by atoms with Crippen LogP contribution in [0.4, 0.5) is 0 Å². The van der Waals surface area contributed by atoms with Crippen molar-refractivity contribution in [1.82, 2.24) is 19.7 Å². The highest BCUT2D eigenvalue weighted by molar-refractivity contribution is 6.31. The SMILES string of the molecule is CCCc1cccc(-n2cc(CCN3CC=C(c4c[nH]c5ccc(Cl)cc45)CC3)cn2)c1. The molecule has 2 aromatic heterocycles. The van der Waals surface area contributed by atoms with Crippen LogP contribution in [0.15, 0.2) is 67.1 Å². The number of hydrogen-bond donors (Lipinski definition) is 1. The number of nitrogens with one attached hydrogen (secondary N) is 1. The zero-order valence-corrected chi connectivity index (χ0v) is 19.3. The van der Waals surface area contributed by atoms with Crippen LogP contribution in [-0.2, 0) is 12.8 Å². The Kier molecular flexibility index (Phi) is 6.15. The molecule has 5 heteroatoms. The van der Waals surface area contributed by atoms with Gasteiger partial charge in [-0.25, -0.2) is 4.68 Å². The molecule has 0 spiro atoms. The molecule has 0 unspecified atom stereocenters. The first-order valence-electron chi connectivity index (χ1n) is 11.5. The number of halogens is 1. The molecule has 0 fully saturated rings. The maximum Gasteiger partial charge on any atom is 0.0648 e. The second kappa shape index (κ2) is 9.35. The zero-order chi connectivity index (χ0) is 21.9. The molecule has 4 nitrogen and oxygen atoms in total. The Morgan fingerprint density at radius 1 is 1.09 bits per heavy atom. The van der Waals surface area contributed by atoms with Crippen LogP contribution in [0.25, 0.3) is 22.2 Å². The van der Waals surface area contributed by atoms with Gasteiger partial charge in [0.2, 0.25) is 0 Å². The predicted octanol–water partition coefficient (Wildman–Crippen LogP) is 6.29. The van der Waals surface area contributed by atoms with E-state index in [1.807, 2.05) is 16.9 Å². The number of hydrogen-bond acceptors (Lipinski definition) is 2. The van der Waals surface area contributed by atoms with E-state index >= 15 is 0 Å². The Bertz CT molecular complexity index is 1250. The van der Waals surface area contributed by atoms with Crippen molar-refractivity contribution in [2.75, 3.05) is 19.6 Å². The molecule has 164 valence electrons. The first-order valence-corrected chi connectivity index (χ1v) is 11.9. The van der Waals surface area contributed by atoms with Gasteiger partial charge >= 0.3 is 0 Å². The maximum atomic E-state index is 6.22. The van der Waals surface area contributed by atoms with Crippen molar-refractivity contribution in [2.24, 2.45) is 0 Å². The summed E-state index contributed by atoms with van der Waals surface area (Å²) in [6.45, 7) is 5.32. The predicted molar refractivity (Wildman–Crippen MR) is 134 cm³/mol. The van der Waals surface area contributed by atoms with Gasteiger partial charge in [0.15, 0.2) is 0 Å². The van der Waals surface area contributed by atoms with Gasteiger partial charge in [0, 0.05) is 53.5 Å². The Morgan fingerprint density at radius 2 is 2.03 bits per heavy atom.